The molecule has 0 aliphatic rings. The van der Waals surface area contributed by atoms with E-state index in [0.717, 1.165) is 10.9 Å². The maximum absolute atomic E-state index is 12.1. The van der Waals surface area contributed by atoms with Crippen molar-refractivity contribution in [2.24, 2.45) is 12.8 Å². The maximum Gasteiger partial charge on any atom is 0.272 e. The summed E-state index contributed by atoms with van der Waals surface area (Å²) in [6, 6.07) is 7.03. The molecule has 0 saturated carbocycles. The highest BCUT2D eigenvalue weighted by Crippen LogP contribution is 2.17. The zero-order chi connectivity index (χ0) is 14.0. The van der Waals surface area contributed by atoms with Crippen molar-refractivity contribution in [3.63, 3.8) is 0 Å². The Morgan fingerprint density at radius 1 is 1.53 bits per heavy atom. The molecule has 6 nitrogen and oxygen atoms in total. The molecule has 1 aromatic heterocycles. The van der Waals surface area contributed by atoms with E-state index in [1.165, 1.54) is 0 Å². The Morgan fingerprint density at radius 3 is 2.89 bits per heavy atom. The predicted molar refractivity (Wildman–Crippen MR) is 72.7 cm³/mol. The van der Waals surface area contributed by atoms with E-state index in [1.807, 2.05) is 24.3 Å². The molecule has 0 aliphatic heterocycles. The second-order valence-electron chi connectivity index (χ2n) is 4.60. The van der Waals surface area contributed by atoms with E-state index in [1.54, 1.807) is 18.7 Å². The number of rotatable bonds is 4. The zero-order valence-corrected chi connectivity index (χ0v) is 11.0. The molecule has 1 amide bonds. The molecule has 4 N–H and O–H groups in total. The van der Waals surface area contributed by atoms with Gasteiger partial charge in [-0.25, -0.2) is 0 Å². The second-order valence-corrected chi connectivity index (χ2v) is 4.60. The molecule has 0 bridgehead atoms. The maximum atomic E-state index is 12.1. The van der Waals surface area contributed by atoms with Crippen LogP contribution < -0.4 is 11.1 Å². The Kier molecular flexibility index (Phi) is 3.82. The SMILES string of the molecule is CC(O)C(N)CNC(=O)c1nn(C)c2ccccc12. The van der Waals surface area contributed by atoms with Gasteiger partial charge in [-0.05, 0) is 13.0 Å². The number of hydrogen-bond donors (Lipinski definition) is 3. The van der Waals surface area contributed by atoms with Gasteiger partial charge < -0.3 is 16.2 Å². The Balaban J connectivity index is 2.18. The predicted octanol–water partition coefficient (Wildman–Crippen LogP) is 0.0112. The van der Waals surface area contributed by atoms with Gasteiger partial charge in [-0.2, -0.15) is 5.10 Å². The molecule has 0 radical (unpaired) electrons. The Bertz CT molecular complexity index is 591. The number of aryl methyl sites for hydroxylation is 1. The number of benzene rings is 1. The van der Waals surface area contributed by atoms with Gasteiger partial charge in [-0.3, -0.25) is 9.48 Å². The number of aliphatic hydroxyl groups is 1. The molecule has 6 heteroatoms. The summed E-state index contributed by atoms with van der Waals surface area (Å²) in [5.74, 6) is -0.284. The van der Waals surface area contributed by atoms with Gasteiger partial charge in [0.05, 0.1) is 11.6 Å². The van der Waals surface area contributed by atoms with E-state index in [2.05, 4.69) is 10.4 Å². The third kappa shape index (κ3) is 2.74. The lowest BCUT2D eigenvalue weighted by Gasteiger charge is -2.14. The lowest BCUT2D eigenvalue weighted by Crippen LogP contribution is -2.43. The van der Waals surface area contributed by atoms with Crippen molar-refractivity contribution in [1.29, 1.82) is 0 Å². The first kappa shape index (κ1) is 13.5. The molecule has 0 fully saturated rings. The molecule has 102 valence electrons. The van der Waals surface area contributed by atoms with Crippen LogP contribution in [0.5, 0.6) is 0 Å². The molecule has 0 aliphatic carbocycles. The van der Waals surface area contributed by atoms with Gasteiger partial charge >= 0.3 is 0 Å². The third-order valence-electron chi connectivity index (χ3n) is 3.09. The Labute approximate surface area is 111 Å². The quantitative estimate of drug-likeness (QED) is 0.723. The van der Waals surface area contributed by atoms with E-state index in [-0.39, 0.29) is 12.5 Å². The van der Waals surface area contributed by atoms with Crippen LogP contribution in [0.25, 0.3) is 10.9 Å². The highest BCUT2D eigenvalue weighted by atomic mass is 16.3. The average Bonchev–Trinajstić information content (AvgIpc) is 2.73. The van der Waals surface area contributed by atoms with Gasteiger partial charge in [0.1, 0.15) is 0 Å². The molecular weight excluding hydrogens is 244 g/mol. The fraction of sp³-hybridized carbons (Fsp3) is 0.385. The molecule has 19 heavy (non-hydrogen) atoms. The van der Waals surface area contributed by atoms with Crippen LogP contribution in [0, 0.1) is 0 Å². The number of nitrogens with zero attached hydrogens (tertiary/aromatic N) is 2. The van der Waals surface area contributed by atoms with Crippen LogP contribution >= 0.6 is 0 Å². The first-order valence-corrected chi connectivity index (χ1v) is 6.14. The number of aliphatic hydroxyl groups excluding tert-OH is 1. The number of aromatic nitrogens is 2. The van der Waals surface area contributed by atoms with Crippen LogP contribution in [0.1, 0.15) is 17.4 Å². The van der Waals surface area contributed by atoms with Gasteiger partial charge in [0, 0.05) is 25.0 Å². The molecule has 0 spiro atoms. The highest BCUT2D eigenvalue weighted by molar-refractivity contribution is 6.04. The zero-order valence-electron chi connectivity index (χ0n) is 11.0. The monoisotopic (exact) mass is 262 g/mol. The van der Waals surface area contributed by atoms with Gasteiger partial charge in [0.15, 0.2) is 5.69 Å². The second kappa shape index (κ2) is 5.38. The van der Waals surface area contributed by atoms with Crippen molar-refractivity contribution in [1.82, 2.24) is 15.1 Å². The average molecular weight is 262 g/mol. The first-order chi connectivity index (χ1) is 9.00. The summed E-state index contributed by atoms with van der Waals surface area (Å²) >= 11 is 0. The van der Waals surface area contributed by atoms with Gasteiger partial charge in [0.2, 0.25) is 0 Å². The minimum atomic E-state index is -0.666. The standard InChI is InChI=1S/C13H18N4O2/c1-8(18)10(14)7-15-13(19)12-9-5-3-4-6-11(9)17(2)16-12/h3-6,8,10,18H,7,14H2,1-2H3,(H,15,19). The number of nitrogens with one attached hydrogen (secondary N) is 1. The third-order valence-corrected chi connectivity index (χ3v) is 3.09. The molecule has 0 saturated heterocycles. The van der Waals surface area contributed by atoms with Crippen molar-refractivity contribution in [3.05, 3.63) is 30.0 Å². The van der Waals surface area contributed by atoms with Crippen molar-refractivity contribution in [2.45, 2.75) is 19.1 Å². The summed E-state index contributed by atoms with van der Waals surface area (Å²) in [6.45, 7) is 1.80. The van der Waals surface area contributed by atoms with E-state index >= 15 is 0 Å². The van der Waals surface area contributed by atoms with Crippen molar-refractivity contribution >= 4 is 16.8 Å². The Hall–Kier alpha value is -1.92. The number of carbonyl (C=O) groups is 1. The van der Waals surface area contributed by atoms with Crippen LogP contribution in [-0.2, 0) is 7.05 Å². The lowest BCUT2D eigenvalue weighted by molar-refractivity contribution is 0.0933. The highest BCUT2D eigenvalue weighted by Gasteiger charge is 2.17. The Morgan fingerprint density at radius 2 is 2.21 bits per heavy atom. The van der Waals surface area contributed by atoms with Gasteiger partial charge in [0.25, 0.3) is 5.91 Å². The fourth-order valence-corrected chi connectivity index (χ4v) is 1.85. The van der Waals surface area contributed by atoms with E-state index < -0.39 is 12.1 Å². The summed E-state index contributed by atoms with van der Waals surface area (Å²) in [5.41, 5.74) is 6.94. The molecule has 2 unspecified atom stereocenters. The number of nitrogens with two attached hydrogens (primary N) is 1. The van der Waals surface area contributed by atoms with E-state index in [9.17, 15) is 9.90 Å². The van der Waals surface area contributed by atoms with Crippen LogP contribution in [-0.4, -0.2) is 39.5 Å². The van der Waals surface area contributed by atoms with Crippen LogP contribution in [0.4, 0.5) is 0 Å². The summed E-state index contributed by atoms with van der Waals surface area (Å²) in [7, 11) is 1.79. The van der Waals surface area contributed by atoms with Crippen molar-refractivity contribution in [3.8, 4) is 0 Å². The summed E-state index contributed by atoms with van der Waals surface area (Å²) in [4.78, 5) is 12.1. The fourth-order valence-electron chi connectivity index (χ4n) is 1.85. The molecule has 1 aromatic carbocycles. The van der Waals surface area contributed by atoms with E-state index in [4.69, 9.17) is 5.73 Å². The number of fused-ring (bicyclic) bond motifs is 1. The van der Waals surface area contributed by atoms with Gasteiger partial charge in [-0.15, -0.1) is 0 Å². The van der Waals surface area contributed by atoms with Crippen LogP contribution in [0.3, 0.4) is 0 Å². The first-order valence-electron chi connectivity index (χ1n) is 6.14. The van der Waals surface area contributed by atoms with Gasteiger partial charge in [-0.1, -0.05) is 18.2 Å². The summed E-state index contributed by atoms with van der Waals surface area (Å²) in [6.07, 6.45) is -0.666. The lowest BCUT2D eigenvalue weighted by atomic mass is 10.2. The minimum Gasteiger partial charge on any atom is -0.392 e. The number of carbonyl (C=O) groups excluding carboxylic acids is 1. The molecule has 2 atom stereocenters. The largest absolute Gasteiger partial charge is 0.392 e. The summed E-state index contributed by atoms with van der Waals surface area (Å²) in [5, 5.41) is 17.0. The topological polar surface area (TPSA) is 93.2 Å². The van der Waals surface area contributed by atoms with Crippen LogP contribution in [0.15, 0.2) is 24.3 Å². The van der Waals surface area contributed by atoms with Crippen molar-refractivity contribution in [2.75, 3.05) is 6.54 Å². The smallest absolute Gasteiger partial charge is 0.272 e. The number of amides is 1. The molecular formula is C13H18N4O2. The van der Waals surface area contributed by atoms with Crippen LogP contribution in [0.2, 0.25) is 0 Å². The number of para-hydroxylation sites is 1. The number of hydrogen-bond acceptors (Lipinski definition) is 4. The molecule has 2 rings (SSSR count). The van der Waals surface area contributed by atoms with Crippen molar-refractivity contribution < 1.29 is 9.90 Å². The molecule has 1 heterocycles. The molecule has 2 aromatic rings. The minimum absolute atomic E-state index is 0.210. The summed E-state index contributed by atoms with van der Waals surface area (Å²) < 4.78 is 1.67. The van der Waals surface area contributed by atoms with E-state index in [0.29, 0.717) is 5.69 Å². The normalized spacial score (nSPS) is 14.3.